The Bertz CT molecular complexity index is 420. The molecule has 0 heterocycles. The molecule has 5 heteroatoms. The Morgan fingerprint density at radius 2 is 1.71 bits per heavy atom. The summed E-state index contributed by atoms with van der Waals surface area (Å²) in [6.45, 7) is 1.01. The van der Waals surface area contributed by atoms with E-state index < -0.39 is 5.97 Å². The van der Waals surface area contributed by atoms with Crippen LogP contribution in [-0.4, -0.2) is 30.1 Å². The number of carbonyl (C=O) groups excluding carboxylic acids is 1. The van der Waals surface area contributed by atoms with E-state index >= 15 is 0 Å². The van der Waals surface area contributed by atoms with E-state index in [2.05, 4.69) is 5.32 Å². The molecule has 0 aliphatic heterocycles. The van der Waals surface area contributed by atoms with Gasteiger partial charge in [-0.3, -0.25) is 9.59 Å². The third-order valence-corrected chi connectivity index (χ3v) is 2.98. The van der Waals surface area contributed by atoms with Crippen molar-refractivity contribution in [3.63, 3.8) is 0 Å². The number of ether oxygens (including phenoxy) is 1. The number of para-hydroxylation sites is 1. The summed E-state index contributed by atoms with van der Waals surface area (Å²) in [5.41, 5.74) is 0. The molecule has 0 saturated heterocycles. The van der Waals surface area contributed by atoms with Crippen LogP contribution >= 0.6 is 0 Å². The molecular weight excluding hydrogens is 270 g/mol. The molecule has 116 valence electrons. The van der Waals surface area contributed by atoms with E-state index in [0.717, 1.165) is 25.0 Å². The Kier molecular flexibility index (Phi) is 8.68. The predicted octanol–water partition coefficient (Wildman–Crippen LogP) is 2.61. The fourth-order valence-corrected chi connectivity index (χ4v) is 1.85. The zero-order valence-electron chi connectivity index (χ0n) is 12.2. The van der Waals surface area contributed by atoms with E-state index in [9.17, 15) is 9.59 Å². The molecule has 21 heavy (non-hydrogen) atoms. The van der Waals surface area contributed by atoms with Gasteiger partial charge in [-0.25, -0.2) is 0 Å². The van der Waals surface area contributed by atoms with Crippen LogP contribution in [0.25, 0.3) is 0 Å². The molecule has 0 atom stereocenters. The topological polar surface area (TPSA) is 75.6 Å². The molecule has 0 fully saturated rings. The highest BCUT2D eigenvalue weighted by molar-refractivity contribution is 5.75. The van der Waals surface area contributed by atoms with Crippen LogP contribution in [0.4, 0.5) is 0 Å². The molecule has 0 unspecified atom stereocenters. The van der Waals surface area contributed by atoms with Gasteiger partial charge in [0.25, 0.3) is 0 Å². The number of carbonyl (C=O) groups is 2. The maximum Gasteiger partial charge on any atom is 0.303 e. The van der Waals surface area contributed by atoms with Crippen LogP contribution in [0.15, 0.2) is 30.3 Å². The molecule has 0 spiro atoms. The van der Waals surface area contributed by atoms with Crippen LogP contribution in [0, 0.1) is 0 Å². The maximum atomic E-state index is 11.5. The number of hydrogen-bond donors (Lipinski definition) is 2. The van der Waals surface area contributed by atoms with Gasteiger partial charge in [0.05, 0.1) is 13.0 Å². The largest absolute Gasteiger partial charge is 0.493 e. The Hall–Kier alpha value is -2.04. The third kappa shape index (κ3) is 9.49. The van der Waals surface area contributed by atoms with E-state index in [-0.39, 0.29) is 12.3 Å². The Labute approximate surface area is 125 Å². The lowest BCUT2D eigenvalue weighted by molar-refractivity contribution is -0.137. The van der Waals surface area contributed by atoms with Crippen molar-refractivity contribution in [2.24, 2.45) is 0 Å². The van der Waals surface area contributed by atoms with Crippen LogP contribution in [0.3, 0.4) is 0 Å². The molecule has 0 radical (unpaired) electrons. The molecule has 1 amide bonds. The number of hydrogen-bond acceptors (Lipinski definition) is 3. The summed E-state index contributed by atoms with van der Waals surface area (Å²) in [7, 11) is 0. The summed E-state index contributed by atoms with van der Waals surface area (Å²) >= 11 is 0. The van der Waals surface area contributed by atoms with Crippen LogP contribution in [-0.2, 0) is 9.59 Å². The fraction of sp³-hybridized carbons (Fsp3) is 0.500. The van der Waals surface area contributed by atoms with Gasteiger partial charge >= 0.3 is 5.97 Å². The van der Waals surface area contributed by atoms with Crippen molar-refractivity contribution in [2.45, 2.75) is 38.5 Å². The highest BCUT2D eigenvalue weighted by Gasteiger charge is 2.01. The van der Waals surface area contributed by atoms with E-state index in [1.165, 1.54) is 0 Å². The van der Waals surface area contributed by atoms with Crippen LogP contribution in [0.2, 0.25) is 0 Å². The van der Waals surface area contributed by atoms with Crippen molar-refractivity contribution in [3.8, 4) is 5.75 Å². The SMILES string of the molecule is O=C(O)CCCCCCNC(=O)CCOc1ccccc1. The molecule has 0 aliphatic rings. The number of nitrogens with one attached hydrogen (secondary N) is 1. The Morgan fingerprint density at radius 1 is 1.00 bits per heavy atom. The second-order valence-electron chi connectivity index (χ2n) is 4.82. The molecule has 0 saturated carbocycles. The molecule has 0 bridgehead atoms. The van der Waals surface area contributed by atoms with Crippen molar-refractivity contribution in [1.29, 1.82) is 0 Å². The number of benzene rings is 1. The normalized spacial score (nSPS) is 10.1. The summed E-state index contributed by atoms with van der Waals surface area (Å²) in [6.07, 6.45) is 3.98. The smallest absolute Gasteiger partial charge is 0.303 e. The van der Waals surface area contributed by atoms with Gasteiger partial charge in [0.2, 0.25) is 5.91 Å². The van der Waals surface area contributed by atoms with Gasteiger partial charge in [-0.1, -0.05) is 31.0 Å². The highest BCUT2D eigenvalue weighted by atomic mass is 16.5. The van der Waals surface area contributed by atoms with E-state index in [1.807, 2.05) is 30.3 Å². The number of carboxylic acids is 1. The van der Waals surface area contributed by atoms with Gasteiger partial charge in [-0.05, 0) is 25.0 Å². The zero-order valence-corrected chi connectivity index (χ0v) is 12.2. The van der Waals surface area contributed by atoms with E-state index in [4.69, 9.17) is 9.84 Å². The second kappa shape index (κ2) is 10.7. The number of unbranched alkanes of at least 4 members (excludes halogenated alkanes) is 3. The van der Waals surface area contributed by atoms with Gasteiger partial charge in [0.1, 0.15) is 5.75 Å². The average Bonchev–Trinajstić information content (AvgIpc) is 2.47. The molecule has 0 aromatic heterocycles. The number of rotatable bonds is 11. The predicted molar refractivity (Wildman–Crippen MR) is 80.3 cm³/mol. The van der Waals surface area contributed by atoms with Crippen molar-refractivity contribution >= 4 is 11.9 Å². The van der Waals surface area contributed by atoms with Crippen molar-refractivity contribution < 1.29 is 19.4 Å². The molecule has 0 aliphatic carbocycles. The maximum absolute atomic E-state index is 11.5. The number of amides is 1. The van der Waals surface area contributed by atoms with Crippen LogP contribution < -0.4 is 10.1 Å². The zero-order chi connectivity index (χ0) is 15.3. The summed E-state index contributed by atoms with van der Waals surface area (Å²) in [4.78, 5) is 21.9. The lowest BCUT2D eigenvalue weighted by atomic mass is 10.1. The van der Waals surface area contributed by atoms with Gasteiger partial charge in [0, 0.05) is 13.0 Å². The number of aliphatic carboxylic acids is 1. The van der Waals surface area contributed by atoms with Crippen molar-refractivity contribution in [3.05, 3.63) is 30.3 Å². The summed E-state index contributed by atoms with van der Waals surface area (Å²) in [5.74, 6) is 0.00177. The minimum absolute atomic E-state index is 0.0172. The minimum Gasteiger partial charge on any atom is -0.493 e. The molecule has 1 aromatic carbocycles. The summed E-state index contributed by atoms with van der Waals surface area (Å²) < 4.78 is 5.44. The fourth-order valence-electron chi connectivity index (χ4n) is 1.85. The molecule has 1 aromatic rings. The van der Waals surface area contributed by atoms with Crippen LogP contribution in [0.1, 0.15) is 38.5 Å². The summed E-state index contributed by atoms with van der Waals surface area (Å²) in [5, 5.41) is 11.3. The molecule has 2 N–H and O–H groups in total. The first-order valence-electron chi connectivity index (χ1n) is 7.35. The standard InChI is InChI=1S/C16H23NO4/c18-15(11-13-21-14-8-4-3-5-9-14)17-12-7-2-1-6-10-16(19)20/h3-5,8-9H,1-2,6-7,10-13H2,(H,17,18)(H,19,20). The van der Waals surface area contributed by atoms with E-state index in [1.54, 1.807) is 0 Å². The van der Waals surface area contributed by atoms with Crippen molar-refractivity contribution in [2.75, 3.05) is 13.2 Å². The minimum atomic E-state index is -0.748. The van der Waals surface area contributed by atoms with Crippen LogP contribution in [0.5, 0.6) is 5.75 Å². The summed E-state index contributed by atoms with van der Waals surface area (Å²) in [6, 6.07) is 9.40. The van der Waals surface area contributed by atoms with Gasteiger partial charge in [-0.15, -0.1) is 0 Å². The lowest BCUT2D eigenvalue weighted by Gasteiger charge is -2.07. The van der Waals surface area contributed by atoms with Gasteiger partial charge < -0.3 is 15.2 Å². The first-order chi connectivity index (χ1) is 10.2. The van der Waals surface area contributed by atoms with Gasteiger partial charge in [-0.2, -0.15) is 0 Å². The molecule has 5 nitrogen and oxygen atoms in total. The first kappa shape index (κ1) is 17.0. The third-order valence-electron chi connectivity index (χ3n) is 2.98. The van der Waals surface area contributed by atoms with Crippen molar-refractivity contribution in [1.82, 2.24) is 5.32 Å². The number of carboxylic acid groups (broad SMARTS) is 1. The molecule has 1 rings (SSSR count). The quantitative estimate of drug-likeness (QED) is 0.615. The Morgan fingerprint density at radius 3 is 2.43 bits per heavy atom. The Balaban J connectivity index is 1.93. The molecular formula is C16H23NO4. The van der Waals surface area contributed by atoms with Gasteiger partial charge in [0.15, 0.2) is 0 Å². The highest BCUT2D eigenvalue weighted by Crippen LogP contribution is 2.08. The monoisotopic (exact) mass is 293 g/mol. The second-order valence-corrected chi connectivity index (χ2v) is 4.82. The van der Waals surface area contributed by atoms with E-state index in [0.29, 0.717) is 26.0 Å². The first-order valence-corrected chi connectivity index (χ1v) is 7.35. The average molecular weight is 293 g/mol. The lowest BCUT2D eigenvalue weighted by Crippen LogP contribution is -2.25.